The molecule has 2 nitrogen and oxygen atoms in total. The number of aromatic nitrogens is 1. The molecule has 3 rings (SSSR count). The molecule has 0 aliphatic heterocycles. The fourth-order valence-corrected chi connectivity index (χ4v) is 3.81. The number of nitrogens with one attached hydrogen (secondary N) is 1. The van der Waals surface area contributed by atoms with Crippen LogP contribution in [0.1, 0.15) is 50.4 Å². The molecule has 1 saturated carbocycles. The quantitative estimate of drug-likeness (QED) is 0.766. The molecule has 2 aromatic rings. The molecular formula is C19H22Cl2N2. The van der Waals surface area contributed by atoms with E-state index < -0.39 is 0 Å². The Labute approximate surface area is 148 Å². The van der Waals surface area contributed by atoms with Gasteiger partial charge < -0.3 is 5.32 Å². The lowest BCUT2D eigenvalue weighted by Gasteiger charge is -2.49. The Morgan fingerprint density at radius 1 is 1.09 bits per heavy atom. The lowest BCUT2D eigenvalue weighted by atomic mass is 9.59. The maximum Gasteiger partial charge on any atom is 0.0595 e. The first-order valence-corrected chi connectivity index (χ1v) is 8.91. The van der Waals surface area contributed by atoms with Crippen molar-refractivity contribution in [2.75, 3.05) is 0 Å². The minimum Gasteiger partial charge on any atom is -0.306 e. The zero-order valence-corrected chi connectivity index (χ0v) is 15.0. The van der Waals surface area contributed by atoms with E-state index in [0.29, 0.717) is 16.1 Å². The summed E-state index contributed by atoms with van der Waals surface area (Å²) < 4.78 is 0. The Bertz CT molecular complexity index is 666. The van der Waals surface area contributed by atoms with Gasteiger partial charge in [-0.3, -0.25) is 4.98 Å². The Balaban J connectivity index is 2.05. The summed E-state index contributed by atoms with van der Waals surface area (Å²) in [7, 11) is 0. The average Bonchev–Trinajstić information content (AvgIpc) is 2.49. The number of hydrogen-bond acceptors (Lipinski definition) is 2. The normalized spacial score (nSPS) is 17.8. The molecule has 122 valence electrons. The van der Waals surface area contributed by atoms with E-state index in [9.17, 15) is 0 Å². The van der Waals surface area contributed by atoms with Gasteiger partial charge in [0.25, 0.3) is 0 Å². The topological polar surface area (TPSA) is 24.9 Å². The van der Waals surface area contributed by atoms with Crippen molar-refractivity contribution in [1.82, 2.24) is 10.3 Å². The number of nitrogens with zero attached hydrogens (tertiary/aromatic N) is 1. The standard InChI is InChI=1S/C19H22Cl2N2/c1-13(2)23-18(17-6-3-4-11-22-17)19(9-5-10-19)14-7-8-15(20)16(21)12-14/h3-4,6-8,11-13,18,23H,5,9-10H2,1-2H3. The Kier molecular flexibility index (Phi) is 4.96. The van der Waals surface area contributed by atoms with Gasteiger partial charge in [0.05, 0.1) is 21.8 Å². The second-order valence-electron chi connectivity index (χ2n) is 6.65. The van der Waals surface area contributed by atoms with Gasteiger partial charge >= 0.3 is 0 Å². The molecule has 1 fully saturated rings. The smallest absolute Gasteiger partial charge is 0.0595 e. The van der Waals surface area contributed by atoms with Crippen molar-refractivity contribution in [3.05, 3.63) is 63.9 Å². The van der Waals surface area contributed by atoms with Crippen LogP contribution in [0.3, 0.4) is 0 Å². The Morgan fingerprint density at radius 2 is 1.87 bits per heavy atom. The zero-order valence-electron chi connectivity index (χ0n) is 13.5. The minimum atomic E-state index is 0.0346. The first kappa shape index (κ1) is 16.8. The lowest BCUT2D eigenvalue weighted by molar-refractivity contribution is 0.159. The van der Waals surface area contributed by atoms with Gasteiger partial charge in [-0.25, -0.2) is 0 Å². The molecule has 0 spiro atoms. The molecule has 0 amide bonds. The number of pyridine rings is 1. The zero-order chi connectivity index (χ0) is 16.4. The summed E-state index contributed by atoms with van der Waals surface area (Å²) in [5.41, 5.74) is 2.38. The van der Waals surface area contributed by atoms with Crippen LogP contribution in [-0.4, -0.2) is 11.0 Å². The largest absolute Gasteiger partial charge is 0.306 e. The summed E-state index contributed by atoms with van der Waals surface area (Å²) in [6.07, 6.45) is 5.35. The molecule has 1 aliphatic carbocycles. The molecule has 1 aliphatic rings. The first-order valence-electron chi connectivity index (χ1n) is 8.15. The van der Waals surface area contributed by atoms with Crippen molar-refractivity contribution in [3.8, 4) is 0 Å². The number of rotatable bonds is 5. The number of hydrogen-bond donors (Lipinski definition) is 1. The number of benzene rings is 1. The van der Waals surface area contributed by atoms with E-state index >= 15 is 0 Å². The minimum absolute atomic E-state index is 0.0346. The highest BCUT2D eigenvalue weighted by atomic mass is 35.5. The van der Waals surface area contributed by atoms with Crippen molar-refractivity contribution < 1.29 is 0 Å². The second-order valence-corrected chi connectivity index (χ2v) is 7.46. The van der Waals surface area contributed by atoms with Crippen LogP contribution in [0.4, 0.5) is 0 Å². The lowest BCUT2D eigenvalue weighted by Crippen LogP contribution is -2.48. The summed E-state index contributed by atoms with van der Waals surface area (Å²) in [4.78, 5) is 4.62. The summed E-state index contributed by atoms with van der Waals surface area (Å²) in [6, 6.07) is 12.7. The predicted molar refractivity (Wildman–Crippen MR) is 97.2 cm³/mol. The van der Waals surface area contributed by atoms with E-state index in [1.54, 1.807) is 0 Å². The summed E-state index contributed by atoms with van der Waals surface area (Å²) in [5, 5.41) is 4.97. The van der Waals surface area contributed by atoms with Gasteiger partial charge in [0, 0.05) is 17.7 Å². The van der Waals surface area contributed by atoms with Crippen LogP contribution in [0.15, 0.2) is 42.6 Å². The van der Waals surface area contributed by atoms with Gasteiger partial charge in [-0.05, 0) is 42.7 Å². The van der Waals surface area contributed by atoms with E-state index in [2.05, 4.69) is 42.3 Å². The SMILES string of the molecule is CC(C)NC(c1ccccn1)C1(c2ccc(Cl)c(Cl)c2)CCC1. The van der Waals surface area contributed by atoms with Crippen molar-refractivity contribution >= 4 is 23.2 Å². The van der Waals surface area contributed by atoms with Crippen LogP contribution in [0.25, 0.3) is 0 Å². The molecule has 23 heavy (non-hydrogen) atoms. The molecule has 0 saturated heterocycles. The monoisotopic (exact) mass is 348 g/mol. The van der Waals surface area contributed by atoms with Crippen molar-refractivity contribution in [1.29, 1.82) is 0 Å². The van der Waals surface area contributed by atoms with E-state index in [0.717, 1.165) is 18.5 Å². The van der Waals surface area contributed by atoms with Gasteiger partial charge in [-0.15, -0.1) is 0 Å². The van der Waals surface area contributed by atoms with Crippen LogP contribution in [-0.2, 0) is 5.41 Å². The maximum absolute atomic E-state index is 6.29. The highest BCUT2D eigenvalue weighted by Crippen LogP contribution is 2.52. The van der Waals surface area contributed by atoms with Crippen molar-refractivity contribution in [2.45, 2.75) is 50.6 Å². The Hall–Kier alpha value is -1.09. The molecule has 1 heterocycles. The van der Waals surface area contributed by atoms with Crippen molar-refractivity contribution in [3.63, 3.8) is 0 Å². The molecule has 1 aromatic heterocycles. The summed E-state index contributed by atoms with van der Waals surface area (Å²) in [5.74, 6) is 0. The summed E-state index contributed by atoms with van der Waals surface area (Å²) in [6.45, 7) is 4.36. The highest BCUT2D eigenvalue weighted by molar-refractivity contribution is 6.42. The van der Waals surface area contributed by atoms with Gasteiger partial charge in [-0.2, -0.15) is 0 Å². The molecule has 4 heteroatoms. The highest BCUT2D eigenvalue weighted by Gasteiger charge is 2.47. The fraction of sp³-hybridized carbons (Fsp3) is 0.421. The van der Waals surface area contributed by atoms with Crippen LogP contribution in [0, 0.1) is 0 Å². The average molecular weight is 349 g/mol. The van der Waals surface area contributed by atoms with Crippen LogP contribution >= 0.6 is 23.2 Å². The molecule has 0 radical (unpaired) electrons. The summed E-state index contributed by atoms with van der Waals surface area (Å²) >= 11 is 12.4. The molecule has 1 aromatic carbocycles. The predicted octanol–water partition coefficient (Wildman–Crippen LogP) is 5.55. The van der Waals surface area contributed by atoms with Gasteiger partial charge in [-0.1, -0.05) is 55.6 Å². The fourth-order valence-electron chi connectivity index (χ4n) is 3.52. The third-order valence-electron chi connectivity index (χ3n) is 4.78. The van der Waals surface area contributed by atoms with Crippen molar-refractivity contribution in [2.24, 2.45) is 0 Å². The molecule has 0 bridgehead atoms. The molecule has 1 atom stereocenters. The molecular weight excluding hydrogens is 327 g/mol. The third-order valence-corrected chi connectivity index (χ3v) is 5.52. The second kappa shape index (κ2) is 6.80. The van der Waals surface area contributed by atoms with E-state index in [1.165, 1.54) is 12.0 Å². The van der Waals surface area contributed by atoms with Gasteiger partial charge in [0.1, 0.15) is 0 Å². The van der Waals surface area contributed by atoms with Crippen LogP contribution in [0.2, 0.25) is 10.0 Å². The first-order chi connectivity index (χ1) is 11.0. The van der Waals surface area contributed by atoms with Gasteiger partial charge in [0.2, 0.25) is 0 Å². The Morgan fingerprint density at radius 3 is 2.39 bits per heavy atom. The van der Waals surface area contributed by atoms with Crippen LogP contribution in [0.5, 0.6) is 0 Å². The van der Waals surface area contributed by atoms with E-state index in [4.69, 9.17) is 23.2 Å². The number of halogens is 2. The van der Waals surface area contributed by atoms with E-state index in [1.807, 2.05) is 24.4 Å². The molecule has 1 N–H and O–H groups in total. The molecule has 1 unspecified atom stereocenters. The van der Waals surface area contributed by atoms with Crippen LogP contribution < -0.4 is 5.32 Å². The van der Waals surface area contributed by atoms with Gasteiger partial charge in [0.15, 0.2) is 0 Å². The van der Waals surface area contributed by atoms with E-state index in [-0.39, 0.29) is 11.5 Å². The third kappa shape index (κ3) is 3.26. The maximum atomic E-state index is 6.29.